The van der Waals surface area contributed by atoms with E-state index in [1.54, 1.807) is 10.6 Å². The van der Waals surface area contributed by atoms with E-state index in [1.165, 1.54) is 6.07 Å². The highest BCUT2D eigenvalue weighted by Crippen LogP contribution is 2.14. The molecule has 126 valence electrons. The molecule has 0 aliphatic heterocycles. The summed E-state index contributed by atoms with van der Waals surface area (Å²) in [5.74, 6) is 0.0266. The van der Waals surface area contributed by atoms with Crippen molar-refractivity contribution in [1.29, 1.82) is 0 Å². The predicted molar refractivity (Wildman–Crippen MR) is 89.1 cm³/mol. The average Bonchev–Trinajstić information content (AvgIpc) is 3.13. The van der Waals surface area contributed by atoms with Crippen LogP contribution in [-0.2, 0) is 6.54 Å². The number of H-pyrrole nitrogens is 2. The second-order valence-corrected chi connectivity index (χ2v) is 6.12. The van der Waals surface area contributed by atoms with Gasteiger partial charge in [0.2, 0.25) is 0 Å². The number of nitrogens with zero attached hydrogens (tertiary/aromatic N) is 3. The molecule has 0 bridgehead atoms. The summed E-state index contributed by atoms with van der Waals surface area (Å²) in [6, 6.07) is 3.20. The third kappa shape index (κ3) is 2.82. The SMILES string of the molecule is Cc1nc2cc(=O)[nH]n2c(C)c1CNC(=O)c1cc(C(C)C)[nH]n1. The van der Waals surface area contributed by atoms with Gasteiger partial charge in [0, 0.05) is 35.3 Å². The number of carbonyl (C=O) groups is 1. The van der Waals surface area contributed by atoms with Crippen LogP contribution >= 0.6 is 0 Å². The predicted octanol–water partition coefficient (Wildman–Crippen LogP) is 1.42. The van der Waals surface area contributed by atoms with Gasteiger partial charge in [-0.2, -0.15) is 5.10 Å². The first-order chi connectivity index (χ1) is 11.4. The number of aryl methyl sites for hydroxylation is 2. The van der Waals surface area contributed by atoms with Gasteiger partial charge in [-0.05, 0) is 25.8 Å². The summed E-state index contributed by atoms with van der Waals surface area (Å²) in [4.78, 5) is 28.1. The van der Waals surface area contributed by atoms with Gasteiger partial charge in [-0.15, -0.1) is 0 Å². The molecule has 0 fully saturated rings. The van der Waals surface area contributed by atoms with Crippen molar-refractivity contribution >= 4 is 11.6 Å². The van der Waals surface area contributed by atoms with Crippen LogP contribution in [0.3, 0.4) is 0 Å². The molecule has 3 N–H and O–H groups in total. The maximum atomic E-state index is 12.3. The smallest absolute Gasteiger partial charge is 0.272 e. The zero-order valence-electron chi connectivity index (χ0n) is 14.1. The number of fused-ring (bicyclic) bond motifs is 1. The van der Waals surface area contributed by atoms with E-state index in [-0.39, 0.29) is 17.4 Å². The minimum absolute atomic E-state index is 0.205. The Morgan fingerprint density at radius 1 is 1.33 bits per heavy atom. The Morgan fingerprint density at radius 2 is 2.08 bits per heavy atom. The summed E-state index contributed by atoms with van der Waals surface area (Å²) < 4.78 is 1.63. The number of rotatable bonds is 4. The van der Waals surface area contributed by atoms with E-state index >= 15 is 0 Å². The standard InChI is InChI=1S/C16H20N6O2/c1-8(2)12-5-13(20-19-12)16(24)17-7-11-9(3)18-14-6-15(23)21-22(14)10(11)4/h5-6,8H,7H2,1-4H3,(H,17,24)(H,19,20)(H,21,23). The van der Waals surface area contributed by atoms with Crippen molar-refractivity contribution in [1.82, 2.24) is 30.1 Å². The first-order valence-electron chi connectivity index (χ1n) is 7.78. The van der Waals surface area contributed by atoms with Gasteiger partial charge in [-0.1, -0.05) is 13.8 Å². The molecule has 8 nitrogen and oxygen atoms in total. The quantitative estimate of drug-likeness (QED) is 0.673. The molecule has 0 unspecified atom stereocenters. The van der Waals surface area contributed by atoms with Crippen molar-refractivity contribution in [3.63, 3.8) is 0 Å². The van der Waals surface area contributed by atoms with Crippen LogP contribution in [0.5, 0.6) is 0 Å². The Kier molecular flexibility index (Phi) is 3.96. The van der Waals surface area contributed by atoms with Gasteiger partial charge in [0.25, 0.3) is 11.5 Å². The molecule has 0 aliphatic rings. The van der Waals surface area contributed by atoms with E-state index in [4.69, 9.17) is 0 Å². The highest BCUT2D eigenvalue weighted by atomic mass is 16.2. The van der Waals surface area contributed by atoms with Crippen LogP contribution in [0.1, 0.15) is 52.9 Å². The van der Waals surface area contributed by atoms with Crippen molar-refractivity contribution < 1.29 is 4.79 Å². The Morgan fingerprint density at radius 3 is 2.75 bits per heavy atom. The molecule has 1 amide bonds. The number of carbonyl (C=O) groups excluding carboxylic acids is 1. The van der Waals surface area contributed by atoms with Crippen LogP contribution in [0.4, 0.5) is 0 Å². The van der Waals surface area contributed by atoms with Crippen molar-refractivity contribution in [2.45, 2.75) is 40.2 Å². The Hall–Kier alpha value is -2.90. The number of nitrogens with one attached hydrogen (secondary N) is 3. The van der Waals surface area contributed by atoms with Gasteiger partial charge in [0.05, 0.1) is 0 Å². The monoisotopic (exact) mass is 328 g/mol. The molecular weight excluding hydrogens is 308 g/mol. The molecule has 0 saturated carbocycles. The summed E-state index contributed by atoms with van der Waals surface area (Å²) >= 11 is 0. The summed E-state index contributed by atoms with van der Waals surface area (Å²) in [5.41, 5.74) is 4.12. The summed E-state index contributed by atoms with van der Waals surface area (Å²) in [6.07, 6.45) is 0. The highest BCUT2D eigenvalue weighted by Gasteiger charge is 2.15. The van der Waals surface area contributed by atoms with E-state index < -0.39 is 0 Å². The molecule has 0 spiro atoms. The van der Waals surface area contributed by atoms with E-state index in [0.717, 1.165) is 22.6 Å². The second-order valence-electron chi connectivity index (χ2n) is 6.12. The van der Waals surface area contributed by atoms with Gasteiger partial charge >= 0.3 is 0 Å². The fraction of sp³-hybridized carbons (Fsp3) is 0.375. The molecule has 3 heterocycles. The molecule has 0 atom stereocenters. The zero-order valence-corrected chi connectivity index (χ0v) is 14.1. The van der Waals surface area contributed by atoms with Crippen molar-refractivity contribution in [3.8, 4) is 0 Å². The van der Waals surface area contributed by atoms with Gasteiger partial charge in [0.15, 0.2) is 5.65 Å². The third-order valence-electron chi connectivity index (χ3n) is 4.08. The lowest BCUT2D eigenvalue weighted by Crippen LogP contribution is -2.25. The summed E-state index contributed by atoms with van der Waals surface area (Å²) in [7, 11) is 0. The van der Waals surface area contributed by atoms with Gasteiger partial charge < -0.3 is 5.32 Å². The average molecular weight is 328 g/mol. The van der Waals surface area contributed by atoms with Crippen LogP contribution in [0.2, 0.25) is 0 Å². The first-order valence-corrected chi connectivity index (χ1v) is 7.78. The summed E-state index contributed by atoms with van der Waals surface area (Å²) in [5, 5.41) is 12.5. The maximum absolute atomic E-state index is 12.3. The van der Waals surface area contributed by atoms with Crippen LogP contribution in [0.15, 0.2) is 16.9 Å². The van der Waals surface area contributed by atoms with E-state index in [2.05, 4.69) is 25.6 Å². The van der Waals surface area contributed by atoms with Crippen LogP contribution < -0.4 is 10.9 Å². The normalized spacial score (nSPS) is 11.4. The lowest BCUT2D eigenvalue weighted by atomic mass is 10.1. The molecule has 0 radical (unpaired) electrons. The number of aromatic nitrogens is 5. The van der Waals surface area contributed by atoms with Crippen LogP contribution in [0, 0.1) is 13.8 Å². The number of hydrogen-bond donors (Lipinski definition) is 3. The molecule has 0 aliphatic carbocycles. The molecule has 8 heteroatoms. The van der Waals surface area contributed by atoms with Crippen molar-refractivity contribution in [2.24, 2.45) is 0 Å². The molecule has 3 rings (SSSR count). The number of amides is 1. The minimum Gasteiger partial charge on any atom is -0.346 e. The van der Waals surface area contributed by atoms with Crippen LogP contribution in [0.25, 0.3) is 5.65 Å². The lowest BCUT2D eigenvalue weighted by molar-refractivity contribution is 0.0945. The van der Waals surface area contributed by atoms with E-state index in [1.807, 2.05) is 27.7 Å². The number of hydrogen-bond acceptors (Lipinski definition) is 4. The Bertz CT molecular complexity index is 963. The molecule has 3 aromatic heterocycles. The highest BCUT2D eigenvalue weighted by molar-refractivity contribution is 5.92. The third-order valence-corrected chi connectivity index (χ3v) is 4.08. The largest absolute Gasteiger partial charge is 0.346 e. The van der Waals surface area contributed by atoms with E-state index in [9.17, 15) is 9.59 Å². The topological polar surface area (TPSA) is 108 Å². The minimum atomic E-state index is -0.252. The first kappa shape index (κ1) is 16.0. The number of aromatic amines is 2. The van der Waals surface area contributed by atoms with Gasteiger partial charge in [-0.3, -0.25) is 19.8 Å². The maximum Gasteiger partial charge on any atom is 0.272 e. The fourth-order valence-electron chi connectivity index (χ4n) is 2.62. The van der Waals surface area contributed by atoms with E-state index in [0.29, 0.717) is 17.9 Å². The lowest BCUT2D eigenvalue weighted by Gasteiger charge is -2.11. The van der Waals surface area contributed by atoms with Crippen molar-refractivity contribution in [3.05, 3.63) is 50.8 Å². The fourth-order valence-corrected chi connectivity index (χ4v) is 2.62. The Labute approximate surface area is 138 Å². The molecule has 24 heavy (non-hydrogen) atoms. The van der Waals surface area contributed by atoms with Gasteiger partial charge in [0.1, 0.15) is 5.69 Å². The van der Waals surface area contributed by atoms with Crippen molar-refractivity contribution in [2.75, 3.05) is 0 Å². The Balaban J connectivity index is 1.82. The van der Waals surface area contributed by atoms with Gasteiger partial charge in [-0.25, -0.2) is 9.50 Å². The van der Waals surface area contributed by atoms with Crippen LogP contribution in [-0.4, -0.2) is 30.7 Å². The molecule has 3 aromatic rings. The molecular formula is C16H20N6O2. The molecule has 0 saturated heterocycles. The zero-order chi connectivity index (χ0) is 17.4. The second kappa shape index (κ2) is 5.95. The summed E-state index contributed by atoms with van der Waals surface area (Å²) in [6.45, 7) is 8.10. The molecule has 0 aromatic carbocycles.